The number of ketones is 1. The van der Waals surface area contributed by atoms with E-state index in [0.29, 0.717) is 18.1 Å². The van der Waals surface area contributed by atoms with Gasteiger partial charge in [-0.1, -0.05) is 41.5 Å². The van der Waals surface area contributed by atoms with E-state index in [0.717, 1.165) is 6.42 Å². The van der Waals surface area contributed by atoms with Crippen LogP contribution in [0.15, 0.2) is 0 Å². The maximum atomic E-state index is 12.0. The Labute approximate surface area is 94.1 Å². The SMILES string of the molecule is CC(C)C(C)(C)C(=O)CCC(C)(C)CO. The van der Waals surface area contributed by atoms with E-state index in [1.807, 2.05) is 27.7 Å². The molecule has 0 spiro atoms. The lowest BCUT2D eigenvalue weighted by atomic mass is 9.74. The Bertz CT molecular complexity index is 215. The van der Waals surface area contributed by atoms with Gasteiger partial charge in [0.05, 0.1) is 0 Å². The molecule has 2 heteroatoms. The molecule has 0 aromatic heterocycles. The van der Waals surface area contributed by atoms with Crippen LogP contribution in [-0.4, -0.2) is 17.5 Å². The van der Waals surface area contributed by atoms with Crippen LogP contribution in [0.2, 0.25) is 0 Å². The Balaban J connectivity index is 4.28. The zero-order valence-electron chi connectivity index (χ0n) is 11.1. The molecule has 0 radical (unpaired) electrons. The van der Waals surface area contributed by atoms with E-state index in [4.69, 9.17) is 5.11 Å². The number of aliphatic hydroxyl groups excluding tert-OH is 1. The Kier molecular flexibility index (Phi) is 4.98. The van der Waals surface area contributed by atoms with Crippen molar-refractivity contribution < 1.29 is 9.90 Å². The third-order valence-corrected chi connectivity index (χ3v) is 3.62. The molecule has 0 unspecified atom stereocenters. The lowest BCUT2D eigenvalue weighted by molar-refractivity contribution is -0.129. The van der Waals surface area contributed by atoms with Gasteiger partial charge in [0.15, 0.2) is 0 Å². The van der Waals surface area contributed by atoms with Crippen molar-refractivity contribution in [3.05, 3.63) is 0 Å². The molecule has 2 nitrogen and oxygen atoms in total. The van der Waals surface area contributed by atoms with Gasteiger partial charge in [0.2, 0.25) is 0 Å². The summed E-state index contributed by atoms with van der Waals surface area (Å²) in [4.78, 5) is 12.0. The first kappa shape index (κ1) is 14.6. The lowest BCUT2D eigenvalue weighted by Crippen LogP contribution is -2.31. The molecule has 0 aliphatic carbocycles. The van der Waals surface area contributed by atoms with E-state index in [2.05, 4.69) is 13.8 Å². The molecule has 0 aromatic carbocycles. The van der Waals surface area contributed by atoms with Gasteiger partial charge < -0.3 is 5.11 Å². The minimum atomic E-state index is -0.245. The maximum Gasteiger partial charge on any atom is 0.138 e. The van der Waals surface area contributed by atoms with E-state index in [-0.39, 0.29) is 17.4 Å². The van der Waals surface area contributed by atoms with Crippen LogP contribution in [0.1, 0.15) is 54.4 Å². The third kappa shape index (κ3) is 4.33. The molecule has 0 saturated heterocycles. The zero-order valence-corrected chi connectivity index (χ0v) is 11.1. The summed E-state index contributed by atoms with van der Waals surface area (Å²) in [6.07, 6.45) is 1.33. The maximum absolute atomic E-state index is 12.0. The normalized spacial score (nSPS) is 13.3. The van der Waals surface area contributed by atoms with Gasteiger partial charge in [-0.3, -0.25) is 4.79 Å². The molecule has 0 rings (SSSR count). The van der Waals surface area contributed by atoms with Crippen molar-refractivity contribution >= 4 is 5.78 Å². The monoisotopic (exact) mass is 214 g/mol. The van der Waals surface area contributed by atoms with Crippen LogP contribution < -0.4 is 0 Å². The highest BCUT2D eigenvalue weighted by molar-refractivity contribution is 5.84. The topological polar surface area (TPSA) is 37.3 Å². The van der Waals surface area contributed by atoms with Crippen molar-refractivity contribution in [1.82, 2.24) is 0 Å². The van der Waals surface area contributed by atoms with Gasteiger partial charge in [0.1, 0.15) is 5.78 Å². The number of carbonyl (C=O) groups is 1. The highest BCUT2D eigenvalue weighted by Crippen LogP contribution is 2.31. The van der Waals surface area contributed by atoms with Gasteiger partial charge in [-0.05, 0) is 17.8 Å². The van der Waals surface area contributed by atoms with Crippen LogP contribution >= 0.6 is 0 Å². The lowest BCUT2D eigenvalue weighted by Gasteiger charge is -2.29. The minimum absolute atomic E-state index is 0.136. The van der Waals surface area contributed by atoms with Crippen LogP contribution in [0.25, 0.3) is 0 Å². The van der Waals surface area contributed by atoms with Crippen molar-refractivity contribution in [1.29, 1.82) is 0 Å². The summed E-state index contributed by atoms with van der Waals surface area (Å²) >= 11 is 0. The minimum Gasteiger partial charge on any atom is -0.396 e. The number of Topliss-reactive ketones (excluding diaryl/α,β-unsaturated/α-hetero) is 1. The van der Waals surface area contributed by atoms with Crippen molar-refractivity contribution in [2.75, 3.05) is 6.61 Å². The second-order valence-corrected chi connectivity index (χ2v) is 6.12. The average Bonchev–Trinajstić information content (AvgIpc) is 2.14. The number of aliphatic hydroxyl groups is 1. The molecule has 1 N–H and O–H groups in total. The van der Waals surface area contributed by atoms with Crippen LogP contribution in [0.4, 0.5) is 0 Å². The number of rotatable bonds is 6. The molecule has 15 heavy (non-hydrogen) atoms. The van der Waals surface area contributed by atoms with E-state index in [1.54, 1.807) is 0 Å². The fourth-order valence-electron chi connectivity index (χ4n) is 1.18. The molecule has 0 fully saturated rings. The van der Waals surface area contributed by atoms with E-state index in [1.165, 1.54) is 0 Å². The van der Waals surface area contributed by atoms with Gasteiger partial charge in [-0.2, -0.15) is 0 Å². The van der Waals surface area contributed by atoms with Crippen LogP contribution in [0.5, 0.6) is 0 Å². The second kappa shape index (κ2) is 5.11. The van der Waals surface area contributed by atoms with Crippen molar-refractivity contribution in [2.45, 2.75) is 54.4 Å². The summed E-state index contributed by atoms with van der Waals surface area (Å²) in [5, 5.41) is 9.11. The Hall–Kier alpha value is -0.370. The fraction of sp³-hybridized carbons (Fsp3) is 0.923. The fourth-order valence-corrected chi connectivity index (χ4v) is 1.18. The highest BCUT2D eigenvalue weighted by atomic mass is 16.3. The molecule has 0 saturated carbocycles. The summed E-state index contributed by atoms with van der Waals surface area (Å²) in [5.74, 6) is 0.668. The van der Waals surface area contributed by atoms with Crippen molar-refractivity contribution in [3.63, 3.8) is 0 Å². The van der Waals surface area contributed by atoms with Crippen LogP contribution in [-0.2, 0) is 4.79 Å². The molecule has 0 aliphatic rings. The summed E-state index contributed by atoms with van der Waals surface area (Å²) in [7, 11) is 0. The van der Waals surface area contributed by atoms with Crippen LogP contribution in [0, 0.1) is 16.7 Å². The summed E-state index contributed by atoms with van der Waals surface area (Å²) in [6, 6.07) is 0. The Morgan fingerprint density at radius 2 is 1.67 bits per heavy atom. The van der Waals surface area contributed by atoms with Crippen LogP contribution in [0.3, 0.4) is 0 Å². The van der Waals surface area contributed by atoms with E-state index in [9.17, 15) is 4.79 Å². The molecular formula is C13H26O2. The van der Waals surface area contributed by atoms with Gasteiger partial charge in [0.25, 0.3) is 0 Å². The Morgan fingerprint density at radius 3 is 2.00 bits per heavy atom. The molecule has 0 amide bonds. The van der Waals surface area contributed by atoms with E-state index >= 15 is 0 Å². The highest BCUT2D eigenvalue weighted by Gasteiger charge is 2.31. The molecule has 0 aliphatic heterocycles. The molecule has 0 aromatic rings. The second-order valence-electron chi connectivity index (χ2n) is 6.12. The van der Waals surface area contributed by atoms with Gasteiger partial charge in [-0.15, -0.1) is 0 Å². The average molecular weight is 214 g/mol. The quantitative estimate of drug-likeness (QED) is 0.738. The molecule has 0 atom stereocenters. The summed E-state index contributed by atoms with van der Waals surface area (Å²) in [6.45, 7) is 12.3. The largest absolute Gasteiger partial charge is 0.396 e. The summed E-state index contributed by atoms with van der Waals surface area (Å²) < 4.78 is 0. The number of carbonyl (C=O) groups excluding carboxylic acids is 1. The smallest absolute Gasteiger partial charge is 0.138 e. The van der Waals surface area contributed by atoms with Crippen molar-refractivity contribution in [2.24, 2.45) is 16.7 Å². The number of hydrogen-bond donors (Lipinski definition) is 1. The summed E-state index contributed by atoms with van der Waals surface area (Å²) in [5.41, 5.74) is -0.381. The first-order valence-corrected chi connectivity index (χ1v) is 5.77. The molecular weight excluding hydrogens is 188 g/mol. The first-order valence-electron chi connectivity index (χ1n) is 5.77. The molecule has 90 valence electrons. The van der Waals surface area contributed by atoms with Crippen molar-refractivity contribution in [3.8, 4) is 0 Å². The van der Waals surface area contributed by atoms with Gasteiger partial charge >= 0.3 is 0 Å². The first-order chi connectivity index (χ1) is 6.63. The Morgan fingerprint density at radius 1 is 1.20 bits per heavy atom. The van der Waals surface area contributed by atoms with Gasteiger partial charge in [-0.25, -0.2) is 0 Å². The predicted molar refractivity (Wildman–Crippen MR) is 63.7 cm³/mol. The van der Waals surface area contributed by atoms with E-state index < -0.39 is 0 Å². The zero-order chi connectivity index (χ0) is 12.3. The standard InChI is InChI=1S/C13H26O2/c1-10(2)13(5,6)11(15)7-8-12(3,4)9-14/h10,14H,7-9H2,1-6H3. The number of hydrogen-bond acceptors (Lipinski definition) is 2. The van der Waals surface area contributed by atoms with Gasteiger partial charge in [0, 0.05) is 18.4 Å². The predicted octanol–water partition coefficient (Wildman–Crippen LogP) is 3.04. The molecule has 0 heterocycles. The third-order valence-electron chi connectivity index (χ3n) is 3.62. The molecule has 0 bridgehead atoms.